The van der Waals surface area contributed by atoms with Crippen LogP contribution in [-0.2, 0) is 11.2 Å². The maximum absolute atomic E-state index is 5.62. The van der Waals surface area contributed by atoms with E-state index in [2.05, 4.69) is 28.2 Å². The van der Waals surface area contributed by atoms with Gasteiger partial charge in [-0.2, -0.15) is 0 Å². The highest BCUT2D eigenvalue weighted by Gasteiger charge is 2.12. The van der Waals surface area contributed by atoms with Gasteiger partial charge in [-0.25, -0.2) is 0 Å². The Labute approximate surface area is 129 Å². The van der Waals surface area contributed by atoms with E-state index in [-0.39, 0.29) is 0 Å². The Morgan fingerprint density at radius 2 is 1.90 bits per heavy atom. The molecule has 0 aliphatic heterocycles. The van der Waals surface area contributed by atoms with Gasteiger partial charge in [0, 0.05) is 6.54 Å². The monoisotopic (exact) mass is 345 g/mol. The third kappa shape index (κ3) is 5.31. The van der Waals surface area contributed by atoms with Gasteiger partial charge in [0.2, 0.25) is 0 Å². The summed E-state index contributed by atoms with van der Waals surface area (Å²) >= 11 is 3.50. The summed E-state index contributed by atoms with van der Waals surface area (Å²) in [6.45, 7) is 5.52. The first-order chi connectivity index (χ1) is 9.74. The largest absolute Gasteiger partial charge is 0.495 e. The third-order valence-electron chi connectivity index (χ3n) is 2.93. The Kier molecular flexibility index (Phi) is 8.65. The Balaban J connectivity index is 2.42. The average molecular weight is 346 g/mol. The molecule has 0 aliphatic rings. The van der Waals surface area contributed by atoms with Crippen LogP contribution in [0.5, 0.6) is 11.5 Å². The van der Waals surface area contributed by atoms with Crippen molar-refractivity contribution in [1.29, 1.82) is 0 Å². The smallest absolute Gasteiger partial charge is 0.140 e. The van der Waals surface area contributed by atoms with Gasteiger partial charge >= 0.3 is 0 Å². The number of ether oxygens (including phenoxy) is 3. The molecule has 0 fully saturated rings. The lowest BCUT2D eigenvalue weighted by Gasteiger charge is -2.13. The van der Waals surface area contributed by atoms with Crippen LogP contribution in [0.25, 0.3) is 0 Å². The Hall–Kier alpha value is -0.780. The molecular weight excluding hydrogens is 322 g/mol. The molecule has 0 radical (unpaired) electrons. The number of hydrogen-bond acceptors (Lipinski definition) is 4. The Morgan fingerprint density at radius 3 is 2.55 bits per heavy atom. The molecule has 20 heavy (non-hydrogen) atoms. The van der Waals surface area contributed by atoms with Crippen molar-refractivity contribution in [3.8, 4) is 11.5 Å². The molecule has 0 bridgehead atoms. The van der Waals surface area contributed by atoms with Crippen LogP contribution in [0.4, 0.5) is 0 Å². The molecule has 114 valence electrons. The highest BCUT2D eigenvalue weighted by atomic mass is 79.9. The Bertz CT molecular complexity index is 399. The minimum absolute atomic E-state index is 0.683. The van der Waals surface area contributed by atoms with E-state index in [1.165, 1.54) is 0 Å². The molecule has 0 aromatic heterocycles. The molecular formula is C15H24BrNO3. The fourth-order valence-electron chi connectivity index (χ4n) is 1.88. The van der Waals surface area contributed by atoms with Crippen LogP contribution >= 0.6 is 15.9 Å². The molecule has 0 saturated carbocycles. The van der Waals surface area contributed by atoms with Crippen LogP contribution in [0.3, 0.4) is 0 Å². The van der Waals surface area contributed by atoms with Crippen molar-refractivity contribution in [2.45, 2.75) is 19.8 Å². The number of methoxy groups -OCH3 is 2. The summed E-state index contributed by atoms with van der Waals surface area (Å²) in [5, 5.41) is 3.31. The van der Waals surface area contributed by atoms with Gasteiger partial charge in [0.05, 0.1) is 27.4 Å². The molecule has 0 amide bonds. The van der Waals surface area contributed by atoms with Crippen molar-refractivity contribution in [3.63, 3.8) is 0 Å². The molecule has 0 aliphatic carbocycles. The van der Waals surface area contributed by atoms with E-state index in [4.69, 9.17) is 14.2 Å². The standard InChI is InChI=1S/C15H24BrNO3/c1-4-8-17-9-11-20-10-7-12-5-6-13(18-2)14(16)15(12)19-3/h5-6,17H,4,7-11H2,1-3H3. The summed E-state index contributed by atoms with van der Waals surface area (Å²) in [5.74, 6) is 1.59. The normalized spacial score (nSPS) is 10.6. The van der Waals surface area contributed by atoms with Crippen LogP contribution in [0.1, 0.15) is 18.9 Å². The van der Waals surface area contributed by atoms with Gasteiger partial charge in [-0.15, -0.1) is 0 Å². The van der Waals surface area contributed by atoms with Crippen molar-refractivity contribution in [2.75, 3.05) is 40.5 Å². The average Bonchev–Trinajstić information content (AvgIpc) is 2.46. The minimum atomic E-state index is 0.683. The second-order valence-electron chi connectivity index (χ2n) is 4.39. The van der Waals surface area contributed by atoms with Crippen LogP contribution in [0.15, 0.2) is 16.6 Å². The first-order valence-electron chi connectivity index (χ1n) is 6.92. The van der Waals surface area contributed by atoms with Gasteiger partial charge in [-0.1, -0.05) is 13.0 Å². The summed E-state index contributed by atoms with van der Waals surface area (Å²) in [6, 6.07) is 3.95. The molecule has 1 rings (SSSR count). The highest BCUT2D eigenvalue weighted by Crippen LogP contribution is 2.37. The molecule has 0 atom stereocenters. The van der Waals surface area contributed by atoms with Crippen molar-refractivity contribution in [3.05, 3.63) is 22.2 Å². The van der Waals surface area contributed by atoms with Crippen molar-refractivity contribution >= 4 is 15.9 Å². The predicted octanol–water partition coefficient (Wildman–Crippen LogP) is 3.03. The zero-order valence-electron chi connectivity index (χ0n) is 12.5. The van der Waals surface area contributed by atoms with E-state index in [1.807, 2.05) is 12.1 Å². The lowest BCUT2D eigenvalue weighted by molar-refractivity contribution is 0.138. The first kappa shape index (κ1) is 17.3. The fraction of sp³-hybridized carbons (Fsp3) is 0.600. The topological polar surface area (TPSA) is 39.7 Å². The van der Waals surface area contributed by atoms with E-state index in [0.717, 1.165) is 54.1 Å². The van der Waals surface area contributed by atoms with E-state index < -0.39 is 0 Å². The van der Waals surface area contributed by atoms with E-state index in [0.29, 0.717) is 6.61 Å². The van der Waals surface area contributed by atoms with Crippen LogP contribution in [0.2, 0.25) is 0 Å². The van der Waals surface area contributed by atoms with E-state index >= 15 is 0 Å². The van der Waals surface area contributed by atoms with Gasteiger partial charge < -0.3 is 19.5 Å². The SMILES string of the molecule is CCCNCCOCCc1ccc(OC)c(Br)c1OC. The summed E-state index contributed by atoms with van der Waals surface area (Å²) in [4.78, 5) is 0. The Morgan fingerprint density at radius 1 is 1.10 bits per heavy atom. The van der Waals surface area contributed by atoms with Gasteiger partial charge in [-0.3, -0.25) is 0 Å². The molecule has 0 saturated heterocycles. The third-order valence-corrected chi connectivity index (χ3v) is 3.68. The maximum atomic E-state index is 5.62. The number of nitrogens with one attached hydrogen (secondary N) is 1. The summed E-state index contributed by atoms with van der Waals surface area (Å²) < 4.78 is 17.2. The molecule has 1 aromatic carbocycles. The zero-order valence-corrected chi connectivity index (χ0v) is 14.1. The molecule has 4 nitrogen and oxygen atoms in total. The number of benzene rings is 1. The molecule has 5 heteroatoms. The van der Waals surface area contributed by atoms with Crippen molar-refractivity contribution in [2.24, 2.45) is 0 Å². The molecule has 0 heterocycles. The lowest BCUT2D eigenvalue weighted by atomic mass is 10.1. The van der Waals surface area contributed by atoms with Gasteiger partial charge in [-0.05, 0) is 46.9 Å². The van der Waals surface area contributed by atoms with Crippen molar-refractivity contribution in [1.82, 2.24) is 5.32 Å². The summed E-state index contributed by atoms with van der Waals surface area (Å²) in [7, 11) is 3.31. The van der Waals surface area contributed by atoms with Crippen LogP contribution in [0, 0.1) is 0 Å². The summed E-state index contributed by atoms with van der Waals surface area (Å²) in [6.07, 6.45) is 1.97. The van der Waals surface area contributed by atoms with Crippen LogP contribution in [-0.4, -0.2) is 40.5 Å². The van der Waals surface area contributed by atoms with Crippen molar-refractivity contribution < 1.29 is 14.2 Å². The molecule has 0 unspecified atom stereocenters. The van der Waals surface area contributed by atoms with Gasteiger partial charge in [0.1, 0.15) is 16.0 Å². The predicted molar refractivity (Wildman–Crippen MR) is 84.9 cm³/mol. The first-order valence-corrected chi connectivity index (χ1v) is 7.71. The van der Waals surface area contributed by atoms with Crippen LogP contribution < -0.4 is 14.8 Å². The number of rotatable bonds is 10. The van der Waals surface area contributed by atoms with E-state index in [1.54, 1.807) is 14.2 Å². The minimum Gasteiger partial charge on any atom is -0.495 e. The maximum Gasteiger partial charge on any atom is 0.140 e. The summed E-state index contributed by atoms with van der Waals surface area (Å²) in [5.41, 5.74) is 1.11. The van der Waals surface area contributed by atoms with E-state index in [9.17, 15) is 0 Å². The number of hydrogen-bond donors (Lipinski definition) is 1. The fourth-order valence-corrected chi connectivity index (χ4v) is 2.59. The molecule has 0 spiro atoms. The second-order valence-corrected chi connectivity index (χ2v) is 5.18. The quantitative estimate of drug-likeness (QED) is 0.661. The number of halogens is 1. The van der Waals surface area contributed by atoms with Gasteiger partial charge in [0.15, 0.2) is 0 Å². The lowest BCUT2D eigenvalue weighted by Crippen LogP contribution is -2.20. The zero-order chi connectivity index (χ0) is 14.8. The molecule has 1 aromatic rings. The second kappa shape index (κ2) is 10.0. The highest BCUT2D eigenvalue weighted by molar-refractivity contribution is 9.10. The molecule has 1 N–H and O–H groups in total. The van der Waals surface area contributed by atoms with Gasteiger partial charge in [0.25, 0.3) is 0 Å².